The highest BCUT2D eigenvalue weighted by molar-refractivity contribution is 5.72. The van der Waals surface area contributed by atoms with E-state index in [1.807, 2.05) is 48.9 Å². The van der Waals surface area contributed by atoms with Crippen molar-refractivity contribution in [1.29, 1.82) is 0 Å². The zero-order valence-electron chi connectivity index (χ0n) is 18.3. The monoisotopic (exact) mass is 411 g/mol. The Hall–Kier alpha value is -3.99. The predicted octanol–water partition coefficient (Wildman–Crippen LogP) is 5.18. The van der Waals surface area contributed by atoms with E-state index in [0.29, 0.717) is 12.2 Å². The van der Waals surface area contributed by atoms with Crippen LogP contribution in [0.2, 0.25) is 0 Å². The number of hydrogen-bond acceptors (Lipinski definition) is 4. The Morgan fingerprint density at radius 3 is 2.55 bits per heavy atom. The van der Waals surface area contributed by atoms with E-state index in [4.69, 9.17) is 5.73 Å². The van der Waals surface area contributed by atoms with Gasteiger partial charge in [0.1, 0.15) is 0 Å². The molecule has 0 unspecified atom stereocenters. The molecule has 0 radical (unpaired) electrons. The Bertz CT molecular complexity index is 1170. The highest BCUT2D eigenvalue weighted by atomic mass is 15.1. The summed E-state index contributed by atoms with van der Waals surface area (Å²) in [4.78, 5) is 4.19. The number of imidazole rings is 1. The first-order valence-corrected chi connectivity index (χ1v) is 9.92. The number of rotatable bonds is 9. The fourth-order valence-electron chi connectivity index (χ4n) is 3.20. The molecule has 1 aliphatic rings. The first-order chi connectivity index (χ1) is 14.7. The Kier molecular flexibility index (Phi) is 6.16. The predicted molar refractivity (Wildman–Crippen MR) is 131 cm³/mol. The molecule has 0 saturated carbocycles. The fraction of sp³-hybridized carbons (Fsp3) is 0.115. The minimum Gasteiger partial charge on any atom is -0.397 e. The molecule has 0 atom stereocenters. The van der Waals surface area contributed by atoms with Gasteiger partial charge in [-0.05, 0) is 48.8 Å². The van der Waals surface area contributed by atoms with Crippen molar-refractivity contribution in [1.82, 2.24) is 14.9 Å². The largest absolute Gasteiger partial charge is 0.397 e. The molecule has 0 aliphatic heterocycles. The van der Waals surface area contributed by atoms with Gasteiger partial charge in [0, 0.05) is 46.7 Å². The topological polar surface area (TPSA) is 67.9 Å². The lowest BCUT2D eigenvalue weighted by Gasteiger charge is -2.27. The van der Waals surface area contributed by atoms with Gasteiger partial charge in [0.2, 0.25) is 0 Å². The Labute approximate surface area is 184 Å². The Morgan fingerprint density at radius 2 is 1.94 bits per heavy atom. The normalized spacial score (nSPS) is 13.7. The van der Waals surface area contributed by atoms with Gasteiger partial charge in [-0.2, -0.15) is 0 Å². The number of aryl methyl sites for hydroxylation is 1. The average molecular weight is 412 g/mol. The van der Waals surface area contributed by atoms with Crippen LogP contribution in [0.25, 0.3) is 5.70 Å². The lowest BCUT2D eigenvalue weighted by molar-refractivity contribution is 0.829. The van der Waals surface area contributed by atoms with Gasteiger partial charge in [0.05, 0.1) is 17.7 Å². The molecule has 0 saturated heterocycles. The minimum absolute atomic E-state index is 0.607. The van der Waals surface area contributed by atoms with E-state index in [2.05, 4.69) is 54.6 Å². The Balaban J connectivity index is 1.66. The van der Waals surface area contributed by atoms with Gasteiger partial charge < -0.3 is 20.9 Å². The van der Waals surface area contributed by atoms with E-state index in [9.17, 15) is 0 Å². The molecule has 0 fully saturated rings. The molecule has 4 N–H and O–H groups in total. The maximum atomic E-state index is 5.99. The highest BCUT2D eigenvalue weighted by Crippen LogP contribution is 2.34. The summed E-state index contributed by atoms with van der Waals surface area (Å²) in [6.45, 7) is 24.8. The molecule has 0 spiro atoms. The average Bonchev–Trinajstić information content (AvgIpc) is 3.18. The second kappa shape index (κ2) is 8.79. The van der Waals surface area contributed by atoms with E-state index < -0.39 is 0 Å². The van der Waals surface area contributed by atoms with E-state index in [-0.39, 0.29) is 0 Å². The van der Waals surface area contributed by atoms with E-state index >= 15 is 0 Å². The fourth-order valence-corrected chi connectivity index (χ4v) is 3.20. The van der Waals surface area contributed by atoms with Crippen LogP contribution in [0, 0.1) is 6.92 Å². The van der Waals surface area contributed by atoms with Gasteiger partial charge in [-0.3, -0.25) is 0 Å². The number of hydrogen-bond donors (Lipinski definition) is 3. The maximum Gasteiger partial charge on any atom is 0.0994 e. The molecular weight excluding hydrogens is 382 g/mol. The first-order valence-electron chi connectivity index (χ1n) is 9.92. The molecule has 158 valence electrons. The van der Waals surface area contributed by atoms with Crippen LogP contribution in [0.1, 0.15) is 18.2 Å². The number of anilines is 1. The summed E-state index contributed by atoms with van der Waals surface area (Å²) in [6.07, 6.45) is 5.55. The summed E-state index contributed by atoms with van der Waals surface area (Å²) < 4.78 is 1.99. The summed E-state index contributed by atoms with van der Waals surface area (Å²) in [7, 11) is 0. The van der Waals surface area contributed by atoms with Gasteiger partial charge >= 0.3 is 0 Å². The third-order valence-corrected chi connectivity index (χ3v) is 5.18. The molecule has 1 heterocycles. The molecule has 1 aliphatic carbocycles. The van der Waals surface area contributed by atoms with Crippen LogP contribution in [0.4, 0.5) is 5.69 Å². The minimum atomic E-state index is 0.607. The molecule has 0 amide bonds. The first kappa shape index (κ1) is 21.7. The van der Waals surface area contributed by atoms with Crippen LogP contribution in [0.3, 0.4) is 0 Å². The van der Waals surface area contributed by atoms with Crippen LogP contribution < -0.4 is 16.4 Å². The second-order valence-electron chi connectivity index (χ2n) is 7.64. The zero-order chi connectivity index (χ0) is 22.7. The van der Waals surface area contributed by atoms with E-state index in [1.54, 1.807) is 6.33 Å². The van der Waals surface area contributed by atoms with Crippen LogP contribution in [0.5, 0.6) is 0 Å². The number of nitrogens with zero attached hydrogens (tertiary/aromatic N) is 2. The summed E-state index contributed by atoms with van der Waals surface area (Å²) in [5.74, 6) is 0. The third-order valence-electron chi connectivity index (χ3n) is 5.18. The van der Waals surface area contributed by atoms with Gasteiger partial charge in [0.25, 0.3) is 0 Å². The van der Waals surface area contributed by atoms with Crippen molar-refractivity contribution in [3.8, 4) is 0 Å². The van der Waals surface area contributed by atoms with Crippen LogP contribution in [0.15, 0.2) is 115 Å². The smallest absolute Gasteiger partial charge is 0.0994 e. The molecule has 5 heteroatoms. The second-order valence-corrected chi connectivity index (χ2v) is 7.64. The summed E-state index contributed by atoms with van der Waals surface area (Å²) >= 11 is 0. The lowest BCUT2D eigenvalue weighted by Crippen LogP contribution is -2.23. The summed E-state index contributed by atoms with van der Waals surface area (Å²) in [5.41, 5.74) is 15.6. The molecule has 2 aromatic rings. The molecule has 0 bridgehead atoms. The summed E-state index contributed by atoms with van der Waals surface area (Å²) in [6, 6.07) is 8.08. The molecule has 5 nitrogen and oxygen atoms in total. The number of nitrogens with one attached hydrogen (secondary N) is 2. The van der Waals surface area contributed by atoms with Crippen LogP contribution in [-0.2, 0) is 6.54 Å². The molecule has 31 heavy (non-hydrogen) atoms. The highest BCUT2D eigenvalue weighted by Gasteiger charge is 2.23. The van der Waals surface area contributed by atoms with Crippen LogP contribution >= 0.6 is 0 Å². The maximum absolute atomic E-state index is 5.99. The van der Waals surface area contributed by atoms with Crippen molar-refractivity contribution in [2.45, 2.75) is 20.4 Å². The number of aromatic nitrogens is 2. The number of allylic oxidation sites excluding steroid dienone is 5. The lowest BCUT2D eigenvalue weighted by atomic mass is 9.90. The van der Waals surface area contributed by atoms with Gasteiger partial charge in [0.15, 0.2) is 0 Å². The summed E-state index contributed by atoms with van der Waals surface area (Å²) in [5, 5.41) is 6.66. The molecule has 1 aromatic heterocycles. The SMILES string of the molecule is C=C(/C=C(/C(=C)C)n1cncc1C)C(=C)NCc1cccc(NC2=C(N)C(=C)C2=C)c1. The van der Waals surface area contributed by atoms with Crippen molar-refractivity contribution in [2.75, 3.05) is 5.32 Å². The molecular formula is C26H29N5. The van der Waals surface area contributed by atoms with Crippen molar-refractivity contribution in [3.63, 3.8) is 0 Å². The number of benzene rings is 1. The Morgan fingerprint density at radius 1 is 1.19 bits per heavy atom. The quantitative estimate of drug-likeness (QED) is 0.498. The molecule has 1 aromatic carbocycles. The van der Waals surface area contributed by atoms with Gasteiger partial charge in [-0.1, -0.05) is 45.0 Å². The van der Waals surface area contributed by atoms with Crippen molar-refractivity contribution >= 4 is 11.4 Å². The van der Waals surface area contributed by atoms with Crippen molar-refractivity contribution in [2.24, 2.45) is 5.73 Å². The molecule has 3 rings (SSSR count). The van der Waals surface area contributed by atoms with Crippen LogP contribution in [-0.4, -0.2) is 9.55 Å². The van der Waals surface area contributed by atoms with E-state index in [1.165, 1.54) is 0 Å². The standard InChI is InChI=1S/C26H29N5/c1-16(2)24(31-15-28-13-18(31)4)11-17(3)21(7)29-14-22-9-8-10-23(12-22)30-26-20(6)19(5)25(26)27/h8-13,15,29-30H,1,3,5-7,14,27H2,2,4H3/b24-11-. The van der Waals surface area contributed by atoms with Gasteiger partial charge in [-0.25, -0.2) is 4.98 Å². The zero-order valence-corrected chi connectivity index (χ0v) is 18.3. The number of nitrogens with two attached hydrogens (primary N) is 1. The van der Waals surface area contributed by atoms with Crippen molar-refractivity contribution < 1.29 is 0 Å². The van der Waals surface area contributed by atoms with Crippen molar-refractivity contribution in [3.05, 3.63) is 126 Å². The van der Waals surface area contributed by atoms with Gasteiger partial charge in [-0.15, -0.1) is 0 Å². The third kappa shape index (κ3) is 4.61. The van der Waals surface area contributed by atoms with E-state index in [0.717, 1.165) is 56.3 Å².